The fourth-order valence-corrected chi connectivity index (χ4v) is 1.05. The van der Waals surface area contributed by atoms with Gasteiger partial charge in [-0.25, -0.2) is 0 Å². The molecule has 0 saturated carbocycles. The van der Waals surface area contributed by atoms with Crippen molar-refractivity contribution in [1.82, 2.24) is 9.99 Å². The number of hydrogen-bond donors (Lipinski definition) is 1. The normalized spacial score (nSPS) is 9.60. The Bertz CT molecular complexity index is 329. The van der Waals surface area contributed by atoms with Gasteiger partial charge in [-0.2, -0.15) is 0 Å². The summed E-state index contributed by atoms with van der Waals surface area (Å²) in [4.78, 5) is 24.7. The lowest BCUT2D eigenvalue weighted by molar-refractivity contribution is -0.137. The molecule has 1 heterocycles. The summed E-state index contributed by atoms with van der Waals surface area (Å²) in [6.07, 6.45) is 1.49. The molecule has 1 aromatic rings. The van der Waals surface area contributed by atoms with Gasteiger partial charge in [-0.05, 0) is 12.1 Å². The summed E-state index contributed by atoms with van der Waals surface area (Å²) in [5.74, 6) is -0.954. The molecule has 0 atom stereocenters. The first-order valence-electron chi connectivity index (χ1n) is 4.42. The molecule has 0 aromatic carbocycles. The van der Waals surface area contributed by atoms with E-state index in [-0.39, 0.29) is 19.5 Å². The number of nitroso groups, excluding NO2 is 1. The summed E-state index contributed by atoms with van der Waals surface area (Å²) in [5, 5.41) is 12.3. The summed E-state index contributed by atoms with van der Waals surface area (Å²) in [5.41, 5.74) is 0.683. The second-order valence-electron chi connectivity index (χ2n) is 2.93. The van der Waals surface area contributed by atoms with Gasteiger partial charge in [0.05, 0.1) is 30.5 Å². The van der Waals surface area contributed by atoms with Crippen LogP contribution in [0.3, 0.4) is 0 Å². The molecular weight excluding hydrogens is 198 g/mol. The van der Waals surface area contributed by atoms with Crippen LogP contribution < -0.4 is 0 Å². The molecule has 0 unspecified atom stereocenters. The molecule has 0 fully saturated rings. The smallest absolute Gasteiger partial charge is 0.305 e. The van der Waals surface area contributed by atoms with Crippen molar-refractivity contribution in [2.45, 2.75) is 13.0 Å². The van der Waals surface area contributed by atoms with Crippen LogP contribution in [0.5, 0.6) is 0 Å². The van der Waals surface area contributed by atoms with Crippen molar-refractivity contribution < 1.29 is 9.90 Å². The lowest BCUT2D eigenvalue weighted by Crippen LogP contribution is -2.20. The zero-order chi connectivity index (χ0) is 11.1. The topological polar surface area (TPSA) is 82.9 Å². The fourth-order valence-electron chi connectivity index (χ4n) is 1.05. The number of nitrogens with zero attached hydrogens (tertiary/aromatic N) is 3. The monoisotopic (exact) mass is 209 g/mol. The molecule has 6 nitrogen and oxygen atoms in total. The van der Waals surface area contributed by atoms with Crippen LogP contribution in [0, 0.1) is 4.91 Å². The van der Waals surface area contributed by atoms with Gasteiger partial charge in [0.2, 0.25) is 0 Å². The molecule has 1 aromatic heterocycles. The van der Waals surface area contributed by atoms with E-state index in [4.69, 9.17) is 5.11 Å². The summed E-state index contributed by atoms with van der Waals surface area (Å²) in [6.45, 7) is 0.326. The summed E-state index contributed by atoms with van der Waals surface area (Å²) in [7, 11) is 0. The van der Waals surface area contributed by atoms with Crippen LogP contribution in [0.25, 0.3) is 0 Å². The predicted molar refractivity (Wildman–Crippen MR) is 52.7 cm³/mol. The average Bonchev–Trinajstić information content (AvgIpc) is 2.25. The molecule has 0 bridgehead atoms. The van der Waals surface area contributed by atoms with Crippen LogP contribution in [0.1, 0.15) is 12.1 Å². The van der Waals surface area contributed by atoms with Crippen molar-refractivity contribution in [3.05, 3.63) is 35.0 Å². The Morgan fingerprint density at radius 2 is 2.33 bits per heavy atom. The van der Waals surface area contributed by atoms with Crippen LogP contribution in [0.4, 0.5) is 0 Å². The van der Waals surface area contributed by atoms with Crippen LogP contribution in [-0.2, 0) is 11.3 Å². The Kier molecular flexibility index (Phi) is 4.21. The van der Waals surface area contributed by atoms with Crippen LogP contribution in [0.2, 0.25) is 0 Å². The number of pyridine rings is 1. The van der Waals surface area contributed by atoms with E-state index in [1.54, 1.807) is 24.4 Å². The van der Waals surface area contributed by atoms with E-state index >= 15 is 0 Å². The molecule has 80 valence electrons. The Morgan fingerprint density at radius 1 is 1.53 bits per heavy atom. The standard InChI is InChI=1S/C9H11N3O3/c13-9(14)4-6-12(11-15)7-8-3-1-2-5-10-8/h1-3,5H,4,6-7H2,(H,13,14). The third-order valence-corrected chi connectivity index (χ3v) is 1.77. The van der Waals surface area contributed by atoms with E-state index in [0.717, 1.165) is 5.01 Å². The van der Waals surface area contributed by atoms with E-state index in [0.29, 0.717) is 5.69 Å². The van der Waals surface area contributed by atoms with Gasteiger partial charge >= 0.3 is 5.97 Å². The summed E-state index contributed by atoms with van der Waals surface area (Å²) < 4.78 is 0. The van der Waals surface area contributed by atoms with Crippen LogP contribution in [-0.4, -0.2) is 27.6 Å². The Balaban J connectivity index is 2.47. The van der Waals surface area contributed by atoms with Gasteiger partial charge in [-0.3, -0.25) is 14.8 Å². The van der Waals surface area contributed by atoms with Gasteiger partial charge in [-0.15, -0.1) is 4.91 Å². The number of carbonyl (C=O) groups is 1. The minimum atomic E-state index is -0.954. The molecule has 0 aliphatic carbocycles. The largest absolute Gasteiger partial charge is 0.481 e. The highest BCUT2D eigenvalue weighted by atomic mass is 16.4. The maximum atomic E-state index is 10.4. The molecule has 1 N–H and O–H groups in total. The molecule has 6 heteroatoms. The number of carboxylic acid groups (broad SMARTS) is 1. The van der Waals surface area contributed by atoms with Gasteiger partial charge in [0, 0.05) is 6.20 Å². The van der Waals surface area contributed by atoms with E-state index in [2.05, 4.69) is 10.3 Å². The Morgan fingerprint density at radius 3 is 2.87 bits per heavy atom. The predicted octanol–water partition coefficient (Wildman–Crippen LogP) is 1.04. The first-order chi connectivity index (χ1) is 7.22. The lowest BCUT2D eigenvalue weighted by Gasteiger charge is -2.12. The van der Waals surface area contributed by atoms with Gasteiger partial charge in [-0.1, -0.05) is 6.07 Å². The average molecular weight is 209 g/mol. The van der Waals surface area contributed by atoms with Gasteiger partial charge in [0.1, 0.15) is 0 Å². The molecule has 0 aliphatic rings. The van der Waals surface area contributed by atoms with Gasteiger partial charge < -0.3 is 5.11 Å². The molecule has 0 saturated heterocycles. The molecule has 0 radical (unpaired) electrons. The molecule has 0 aliphatic heterocycles. The summed E-state index contributed by atoms with van der Waals surface area (Å²) in [6, 6.07) is 5.31. The van der Waals surface area contributed by atoms with Crippen molar-refractivity contribution in [2.75, 3.05) is 6.54 Å². The highest BCUT2D eigenvalue weighted by Gasteiger charge is 2.07. The molecule has 1 rings (SSSR count). The first-order valence-corrected chi connectivity index (χ1v) is 4.42. The Hall–Kier alpha value is -1.98. The molecular formula is C9H11N3O3. The van der Waals surface area contributed by atoms with Crippen LogP contribution in [0.15, 0.2) is 29.7 Å². The minimum Gasteiger partial charge on any atom is -0.481 e. The highest BCUT2D eigenvalue weighted by Crippen LogP contribution is 2.02. The van der Waals surface area contributed by atoms with Crippen molar-refractivity contribution in [3.8, 4) is 0 Å². The number of aromatic nitrogens is 1. The fraction of sp³-hybridized carbons (Fsp3) is 0.333. The van der Waals surface area contributed by atoms with Crippen molar-refractivity contribution >= 4 is 5.97 Å². The highest BCUT2D eigenvalue weighted by molar-refractivity contribution is 5.66. The molecule has 0 amide bonds. The van der Waals surface area contributed by atoms with Crippen LogP contribution >= 0.6 is 0 Å². The Labute approximate surface area is 86.5 Å². The van der Waals surface area contributed by atoms with Crippen molar-refractivity contribution in [1.29, 1.82) is 0 Å². The van der Waals surface area contributed by atoms with Gasteiger partial charge in [0.15, 0.2) is 0 Å². The maximum absolute atomic E-state index is 10.4. The first kappa shape index (κ1) is 11.1. The van der Waals surface area contributed by atoms with Crippen molar-refractivity contribution in [2.24, 2.45) is 5.29 Å². The second kappa shape index (κ2) is 5.69. The second-order valence-corrected chi connectivity index (χ2v) is 2.93. The van der Waals surface area contributed by atoms with E-state index in [9.17, 15) is 9.70 Å². The summed E-state index contributed by atoms with van der Waals surface area (Å²) >= 11 is 0. The van der Waals surface area contributed by atoms with Gasteiger partial charge in [0.25, 0.3) is 0 Å². The van der Waals surface area contributed by atoms with E-state index in [1.165, 1.54) is 0 Å². The number of carboxylic acids is 1. The molecule has 15 heavy (non-hydrogen) atoms. The number of rotatable bonds is 6. The lowest BCUT2D eigenvalue weighted by atomic mass is 10.3. The zero-order valence-electron chi connectivity index (χ0n) is 8.04. The van der Waals surface area contributed by atoms with E-state index < -0.39 is 5.97 Å². The number of hydrogen-bond acceptors (Lipinski definition) is 4. The minimum absolute atomic E-state index is 0.0927. The molecule has 0 spiro atoms. The van der Waals surface area contributed by atoms with Crippen molar-refractivity contribution in [3.63, 3.8) is 0 Å². The maximum Gasteiger partial charge on any atom is 0.305 e. The zero-order valence-corrected chi connectivity index (χ0v) is 8.04. The van der Waals surface area contributed by atoms with E-state index in [1.807, 2.05) is 0 Å². The third kappa shape index (κ3) is 4.17. The number of aliphatic carboxylic acids is 1. The third-order valence-electron chi connectivity index (χ3n) is 1.77. The quantitative estimate of drug-likeness (QED) is 0.559. The SMILES string of the molecule is O=NN(CCC(=O)O)Cc1ccccn1.